The van der Waals surface area contributed by atoms with Crippen molar-refractivity contribution >= 4 is 23.5 Å². The third kappa shape index (κ3) is 3.12. The van der Waals surface area contributed by atoms with Gasteiger partial charge in [0.2, 0.25) is 5.78 Å². The highest BCUT2D eigenvalue weighted by Crippen LogP contribution is 2.24. The molecule has 3 aromatic rings. The fraction of sp³-hybridized carbons (Fsp3) is 0.111. The lowest BCUT2D eigenvalue weighted by molar-refractivity contribution is 0.102. The summed E-state index contributed by atoms with van der Waals surface area (Å²) in [4.78, 5) is 12.1. The Morgan fingerprint density at radius 2 is 1.91 bits per heavy atom. The van der Waals surface area contributed by atoms with Gasteiger partial charge < -0.3 is 4.42 Å². The highest BCUT2D eigenvalue weighted by molar-refractivity contribution is 6.31. The van der Waals surface area contributed by atoms with Crippen LogP contribution in [0.3, 0.4) is 0 Å². The van der Waals surface area contributed by atoms with E-state index in [-0.39, 0.29) is 5.78 Å². The maximum Gasteiger partial charge on any atom is 0.221 e. The van der Waals surface area contributed by atoms with Crippen molar-refractivity contribution in [2.24, 2.45) is 0 Å². The molecule has 3 rings (SSSR count). The Labute approximate surface area is 139 Å². The SMILES string of the molecule is Cc1ccc(C(=O)/C=C/c2c(C)nn(-c3ccccc3)c2Cl)o1. The second-order valence-electron chi connectivity index (χ2n) is 5.15. The molecule has 0 radical (unpaired) electrons. The van der Waals surface area contributed by atoms with E-state index in [9.17, 15) is 4.79 Å². The van der Waals surface area contributed by atoms with Crippen molar-refractivity contribution in [2.45, 2.75) is 13.8 Å². The molecule has 0 fully saturated rings. The van der Waals surface area contributed by atoms with Crippen molar-refractivity contribution < 1.29 is 9.21 Å². The standard InChI is InChI=1S/C18H15ClN2O2/c1-12-8-11-17(23-12)16(22)10-9-15-13(2)20-21(18(15)19)14-6-4-3-5-7-14/h3-11H,1-2H3/b10-9+. The molecular formula is C18H15ClN2O2. The third-order valence-electron chi connectivity index (χ3n) is 3.43. The Morgan fingerprint density at radius 1 is 1.17 bits per heavy atom. The topological polar surface area (TPSA) is 48.0 Å². The van der Waals surface area contributed by atoms with Crippen LogP contribution in [0.2, 0.25) is 5.15 Å². The molecule has 1 aromatic carbocycles. The number of hydrogen-bond donors (Lipinski definition) is 0. The van der Waals surface area contributed by atoms with Crippen LogP contribution in [0.4, 0.5) is 0 Å². The highest BCUT2D eigenvalue weighted by Gasteiger charge is 2.13. The van der Waals surface area contributed by atoms with Gasteiger partial charge in [0, 0.05) is 5.56 Å². The Kier molecular flexibility index (Phi) is 4.17. The summed E-state index contributed by atoms with van der Waals surface area (Å²) in [6, 6.07) is 13.0. The number of aromatic nitrogens is 2. The van der Waals surface area contributed by atoms with Crippen LogP contribution in [0.25, 0.3) is 11.8 Å². The average molecular weight is 327 g/mol. The van der Waals surface area contributed by atoms with Crippen LogP contribution in [0, 0.1) is 13.8 Å². The smallest absolute Gasteiger partial charge is 0.221 e. The van der Waals surface area contributed by atoms with Gasteiger partial charge in [-0.1, -0.05) is 29.8 Å². The normalized spacial score (nSPS) is 11.3. The number of ketones is 1. The molecular weight excluding hydrogens is 312 g/mol. The summed E-state index contributed by atoms with van der Waals surface area (Å²) in [5, 5.41) is 4.90. The first-order chi connectivity index (χ1) is 11.1. The molecule has 2 aromatic heterocycles. The van der Waals surface area contributed by atoms with Crippen molar-refractivity contribution in [3.63, 3.8) is 0 Å². The molecule has 0 N–H and O–H groups in total. The Morgan fingerprint density at radius 3 is 2.57 bits per heavy atom. The van der Waals surface area contributed by atoms with Gasteiger partial charge >= 0.3 is 0 Å². The van der Waals surface area contributed by atoms with Gasteiger partial charge in [0.1, 0.15) is 10.9 Å². The molecule has 2 heterocycles. The van der Waals surface area contributed by atoms with Gasteiger partial charge in [0.15, 0.2) is 5.76 Å². The maximum atomic E-state index is 12.1. The monoisotopic (exact) mass is 326 g/mol. The molecule has 0 saturated carbocycles. The number of nitrogens with zero attached hydrogens (tertiary/aromatic N) is 2. The van der Waals surface area contributed by atoms with E-state index in [1.807, 2.05) is 37.3 Å². The van der Waals surface area contributed by atoms with Crippen LogP contribution in [-0.4, -0.2) is 15.6 Å². The number of furan rings is 1. The molecule has 0 aliphatic heterocycles. The van der Waals surface area contributed by atoms with Gasteiger partial charge in [-0.25, -0.2) is 4.68 Å². The first-order valence-corrected chi connectivity index (χ1v) is 7.53. The van der Waals surface area contributed by atoms with E-state index in [4.69, 9.17) is 16.0 Å². The van der Waals surface area contributed by atoms with Crippen LogP contribution in [0.5, 0.6) is 0 Å². The largest absolute Gasteiger partial charge is 0.458 e. The number of carbonyl (C=O) groups is 1. The lowest BCUT2D eigenvalue weighted by Gasteiger charge is -2.01. The number of aryl methyl sites for hydroxylation is 2. The van der Waals surface area contributed by atoms with E-state index >= 15 is 0 Å². The van der Waals surface area contributed by atoms with Crippen molar-refractivity contribution in [3.05, 3.63) is 76.5 Å². The van der Waals surface area contributed by atoms with Gasteiger partial charge in [-0.05, 0) is 50.3 Å². The van der Waals surface area contributed by atoms with Crippen molar-refractivity contribution in [1.82, 2.24) is 9.78 Å². The van der Waals surface area contributed by atoms with Crippen molar-refractivity contribution in [3.8, 4) is 5.69 Å². The van der Waals surface area contributed by atoms with Gasteiger partial charge in [-0.2, -0.15) is 5.10 Å². The Hall–Kier alpha value is -2.59. The first kappa shape index (κ1) is 15.3. The first-order valence-electron chi connectivity index (χ1n) is 7.15. The van der Waals surface area contributed by atoms with E-state index in [0.29, 0.717) is 22.2 Å². The van der Waals surface area contributed by atoms with Gasteiger partial charge in [-0.3, -0.25) is 4.79 Å². The van der Waals surface area contributed by atoms with Crippen molar-refractivity contribution in [2.75, 3.05) is 0 Å². The fourth-order valence-corrected chi connectivity index (χ4v) is 2.58. The highest BCUT2D eigenvalue weighted by atomic mass is 35.5. The number of benzene rings is 1. The molecule has 5 heteroatoms. The minimum Gasteiger partial charge on any atom is -0.458 e. The summed E-state index contributed by atoms with van der Waals surface area (Å²) in [7, 11) is 0. The van der Waals surface area contributed by atoms with E-state index in [1.165, 1.54) is 6.08 Å². The van der Waals surface area contributed by atoms with Crippen LogP contribution in [0.15, 0.2) is 53.0 Å². The summed E-state index contributed by atoms with van der Waals surface area (Å²) in [6.45, 7) is 3.65. The number of hydrogen-bond acceptors (Lipinski definition) is 3. The quantitative estimate of drug-likeness (QED) is 0.518. The molecule has 4 nitrogen and oxygen atoms in total. The minimum atomic E-state index is -0.207. The average Bonchev–Trinajstić information content (AvgIpc) is 3.10. The summed E-state index contributed by atoms with van der Waals surface area (Å²) >= 11 is 6.41. The summed E-state index contributed by atoms with van der Waals surface area (Å²) in [5.41, 5.74) is 2.33. The second-order valence-corrected chi connectivity index (χ2v) is 5.50. The number of halogens is 1. The fourth-order valence-electron chi connectivity index (χ4n) is 2.25. The molecule has 0 amide bonds. The molecule has 0 unspecified atom stereocenters. The zero-order valence-corrected chi connectivity index (χ0v) is 13.5. The summed E-state index contributed by atoms with van der Waals surface area (Å²) in [5.74, 6) is 0.803. The molecule has 0 aliphatic carbocycles. The van der Waals surface area contributed by atoms with Gasteiger partial charge in [0.25, 0.3) is 0 Å². The van der Waals surface area contributed by atoms with Crippen LogP contribution < -0.4 is 0 Å². The number of para-hydroxylation sites is 1. The predicted octanol–water partition coefficient (Wildman–Crippen LogP) is 4.63. The lowest BCUT2D eigenvalue weighted by atomic mass is 10.2. The van der Waals surface area contributed by atoms with Gasteiger partial charge in [0.05, 0.1) is 11.4 Å². The Balaban J connectivity index is 1.90. The molecule has 0 spiro atoms. The summed E-state index contributed by atoms with van der Waals surface area (Å²) in [6.07, 6.45) is 3.12. The van der Waals surface area contributed by atoms with E-state index < -0.39 is 0 Å². The van der Waals surface area contributed by atoms with E-state index in [0.717, 1.165) is 11.4 Å². The molecule has 0 saturated heterocycles. The van der Waals surface area contributed by atoms with Gasteiger partial charge in [-0.15, -0.1) is 0 Å². The second kappa shape index (κ2) is 6.26. The lowest BCUT2D eigenvalue weighted by Crippen LogP contribution is -1.95. The predicted molar refractivity (Wildman–Crippen MR) is 90.1 cm³/mol. The third-order valence-corrected chi connectivity index (χ3v) is 3.80. The van der Waals surface area contributed by atoms with E-state index in [1.54, 1.807) is 29.8 Å². The molecule has 0 atom stereocenters. The molecule has 0 aliphatic rings. The molecule has 23 heavy (non-hydrogen) atoms. The molecule has 116 valence electrons. The summed E-state index contributed by atoms with van der Waals surface area (Å²) < 4.78 is 6.96. The number of rotatable bonds is 4. The zero-order valence-electron chi connectivity index (χ0n) is 12.8. The van der Waals surface area contributed by atoms with Crippen molar-refractivity contribution in [1.29, 1.82) is 0 Å². The number of allylic oxidation sites excluding steroid dienone is 1. The minimum absolute atomic E-state index is 0.207. The zero-order chi connectivity index (χ0) is 16.4. The van der Waals surface area contributed by atoms with Crippen LogP contribution in [-0.2, 0) is 0 Å². The maximum absolute atomic E-state index is 12.1. The Bertz CT molecular complexity index is 876. The molecule has 0 bridgehead atoms. The van der Waals surface area contributed by atoms with E-state index in [2.05, 4.69) is 5.10 Å². The van der Waals surface area contributed by atoms with Crippen LogP contribution >= 0.6 is 11.6 Å². The number of carbonyl (C=O) groups excluding carboxylic acids is 1. The van der Waals surface area contributed by atoms with Crippen LogP contribution in [0.1, 0.15) is 27.6 Å².